The standard InChI is InChI=1S/C15H26N4OS.HI/c1-3-5-9-18-15(16-4-2)19-11-7-10-17-14(20)13-8-6-12-21-13;/h6,8,12H,3-5,7,9-11H2,1-2H3,(H,17,20)(H2,16,18,19);1H. The molecule has 1 aromatic rings. The molecule has 0 bridgehead atoms. The van der Waals surface area contributed by atoms with Crippen molar-refractivity contribution in [3.8, 4) is 0 Å². The van der Waals surface area contributed by atoms with Gasteiger partial charge in [-0.25, -0.2) is 0 Å². The topological polar surface area (TPSA) is 65.5 Å². The average molecular weight is 438 g/mol. The molecular formula is C15H27IN4OS. The maximum absolute atomic E-state index is 11.7. The molecule has 0 spiro atoms. The number of carbonyl (C=O) groups excluding carboxylic acids is 1. The number of thiophene rings is 1. The number of aliphatic imine (C=N–C) groups is 1. The number of nitrogens with one attached hydrogen (secondary N) is 3. The summed E-state index contributed by atoms with van der Waals surface area (Å²) in [5, 5.41) is 11.3. The Labute approximate surface area is 154 Å². The number of halogens is 1. The van der Waals surface area contributed by atoms with Crippen LogP contribution >= 0.6 is 35.3 Å². The van der Waals surface area contributed by atoms with E-state index in [-0.39, 0.29) is 29.9 Å². The summed E-state index contributed by atoms with van der Waals surface area (Å²) in [7, 11) is 0. The van der Waals surface area contributed by atoms with Gasteiger partial charge in [0.25, 0.3) is 5.91 Å². The highest BCUT2D eigenvalue weighted by atomic mass is 127. The smallest absolute Gasteiger partial charge is 0.261 e. The van der Waals surface area contributed by atoms with E-state index in [0.29, 0.717) is 13.1 Å². The van der Waals surface area contributed by atoms with Gasteiger partial charge in [-0.2, -0.15) is 0 Å². The summed E-state index contributed by atoms with van der Waals surface area (Å²) in [5.74, 6) is 0.859. The van der Waals surface area contributed by atoms with E-state index < -0.39 is 0 Å². The summed E-state index contributed by atoms with van der Waals surface area (Å²) in [4.78, 5) is 17.0. The minimum absolute atomic E-state index is 0. The molecule has 0 aliphatic carbocycles. The highest BCUT2D eigenvalue weighted by Gasteiger charge is 2.04. The number of carbonyl (C=O) groups is 1. The van der Waals surface area contributed by atoms with Crippen molar-refractivity contribution in [2.75, 3.05) is 26.2 Å². The monoisotopic (exact) mass is 438 g/mol. The van der Waals surface area contributed by atoms with Crippen molar-refractivity contribution in [2.24, 2.45) is 4.99 Å². The minimum Gasteiger partial charge on any atom is -0.357 e. The van der Waals surface area contributed by atoms with Crippen LogP contribution in [0.15, 0.2) is 22.5 Å². The Balaban J connectivity index is 0.00000441. The molecule has 0 unspecified atom stereocenters. The van der Waals surface area contributed by atoms with E-state index in [1.54, 1.807) is 0 Å². The molecule has 0 fully saturated rings. The van der Waals surface area contributed by atoms with Crippen molar-refractivity contribution >= 4 is 47.2 Å². The molecule has 0 atom stereocenters. The van der Waals surface area contributed by atoms with Crippen molar-refractivity contribution in [2.45, 2.75) is 33.1 Å². The van der Waals surface area contributed by atoms with Crippen molar-refractivity contribution in [3.63, 3.8) is 0 Å². The lowest BCUT2D eigenvalue weighted by Crippen LogP contribution is -2.38. The molecule has 22 heavy (non-hydrogen) atoms. The first-order valence-corrected chi connectivity index (χ1v) is 8.49. The molecule has 0 saturated heterocycles. The van der Waals surface area contributed by atoms with Crippen molar-refractivity contribution in [3.05, 3.63) is 22.4 Å². The first-order valence-electron chi connectivity index (χ1n) is 7.61. The van der Waals surface area contributed by atoms with E-state index in [4.69, 9.17) is 0 Å². The Morgan fingerprint density at radius 2 is 1.95 bits per heavy atom. The zero-order valence-electron chi connectivity index (χ0n) is 13.4. The Morgan fingerprint density at radius 1 is 1.18 bits per heavy atom. The second-order valence-electron chi connectivity index (χ2n) is 4.63. The molecule has 0 aliphatic rings. The summed E-state index contributed by atoms with van der Waals surface area (Å²) in [6, 6.07) is 3.72. The van der Waals surface area contributed by atoms with Gasteiger partial charge in [-0.15, -0.1) is 35.3 Å². The van der Waals surface area contributed by atoms with Crippen molar-refractivity contribution in [1.29, 1.82) is 0 Å². The number of nitrogens with zero attached hydrogens (tertiary/aromatic N) is 1. The number of guanidine groups is 1. The number of rotatable bonds is 9. The molecule has 1 aromatic heterocycles. The predicted octanol–water partition coefficient (Wildman–Crippen LogP) is 2.84. The normalized spacial score (nSPS) is 10.7. The van der Waals surface area contributed by atoms with Crippen LogP contribution in [0.2, 0.25) is 0 Å². The molecule has 0 aromatic carbocycles. The fourth-order valence-electron chi connectivity index (χ4n) is 1.69. The number of unbranched alkanes of at least 4 members (excludes halogenated alkanes) is 1. The van der Waals surface area contributed by atoms with Gasteiger partial charge in [-0.1, -0.05) is 19.4 Å². The van der Waals surface area contributed by atoms with E-state index in [2.05, 4.69) is 34.8 Å². The highest BCUT2D eigenvalue weighted by molar-refractivity contribution is 14.0. The Hall–Kier alpha value is -0.830. The van der Waals surface area contributed by atoms with Gasteiger partial charge >= 0.3 is 0 Å². The summed E-state index contributed by atoms with van der Waals surface area (Å²) >= 11 is 1.46. The van der Waals surface area contributed by atoms with Crippen LogP contribution in [0, 0.1) is 0 Å². The number of hydrogen-bond donors (Lipinski definition) is 3. The van der Waals surface area contributed by atoms with Crippen LogP contribution in [0.4, 0.5) is 0 Å². The lowest BCUT2D eigenvalue weighted by atomic mass is 10.3. The van der Waals surface area contributed by atoms with Crippen LogP contribution in [0.1, 0.15) is 42.8 Å². The Kier molecular flexibility index (Phi) is 13.3. The fraction of sp³-hybridized carbons (Fsp3) is 0.600. The largest absolute Gasteiger partial charge is 0.357 e. The third kappa shape index (κ3) is 9.24. The van der Waals surface area contributed by atoms with Crippen molar-refractivity contribution < 1.29 is 4.79 Å². The second kappa shape index (κ2) is 13.8. The van der Waals surface area contributed by atoms with Crippen LogP contribution in [0.25, 0.3) is 0 Å². The zero-order valence-corrected chi connectivity index (χ0v) is 16.5. The van der Waals surface area contributed by atoms with Gasteiger partial charge in [-0.3, -0.25) is 9.79 Å². The molecule has 5 nitrogen and oxygen atoms in total. The number of hydrogen-bond acceptors (Lipinski definition) is 3. The van der Waals surface area contributed by atoms with E-state index in [0.717, 1.165) is 36.8 Å². The molecule has 0 radical (unpaired) electrons. The van der Waals surface area contributed by atoms with Crippen LogP contribution < -0.4 is 16.0 Å². The minimum atomic E-state index is 0. The van der Waals surface area contributed by atoms with Crippen LogP contribution in [0.5, 0.6) is 0 Å². The lowest BCUT2D eigenvalue weighted by molar-refractivity contribution is 0.0957. The zero-order chi connectivity index (χ0) is 15.3. The predicted molar refractivity (Wildman–Crippen MR) is 106 cm³/mol. The average Bonchev–Trinajstić information content (AvgIpc) is 3.01. The molecule has 0 saturated carbocycles. The van der Waals surface area contributed by atoms with Crippen LogP contribution in [-0.4, -0.2) is 38.0 Å². The first-order chi connectivity index (χ1) is 10.3. The van der Waals surface area contributed by atoms with Gasteiger partial charge in [0.1, 0.15) is 0 Å². The quantitative estimate of drug-likeness (QED) is 0.241. The molecule has 1 amide bonds. The fourth-order valence-corrected chi connectivity index (χ4v) is 2.33. The lowest BCUT2D eigenvalue weighted by Gasteiger charge is -2.10. The van der Waals surface area contributed by atoms with Gasteiger partial charge in [0, 0.05) is 26.2 Å². The molecular weight excluding hydrogens is 411 g/mol. The van der Waals surface area contributed by atoms with Gasteiger partial charge in [0.05, 0.1) is 4.88 Å². The third-order valence-corrected chi connectivity index (χ3v) is 3.67. The maximum Gasteiger partial charge on any atom is 0.261 e. The van der Waals surface area contributed by atoms with Gasteiger partial charge < -0.3 is 16.0 Å². The number of amides is 1. The maximum atomic E-state index is 11.7. The molecule has 1 rings (SSSR count). The second-order valence-corrected chi connectivity index (χ2v) is 5.58. The Morgan fingerprint density at radius 3 is 2.59 bits per heavy atom. The molecule has 1 heterocycles. The third-order valence-electron chi connectivity index (χ3n) is 2.80. The summed E-state index contributed by atoms with van der Waals surface area (Å²) in [5.41, 5.74) is 0. The molecule has 0 aliphatic heterocycles. The SMILES string of the molecule is CCCCNC(=NCCCNC(=O)c1cccs1)NCC.I. The summed E-state index contributed by atoms with van der Waals surface area (Å²) in [6.45, 7) is 7.37. The highest BCUT2D eigenvalue weighted by Crippen LogP contribution is 2.07. The van der Waals surface area contributed by atoms with E-state index in [1.165, 1.54) is 17.8 Å². The Bertz CT molecular complexity index is 423. The molecule has 126 valence electrons. The van der Waals surface area contributed by atoms with Crippen LogP contribution in [0.3, 0.4) is 0 Å². The van der Waals surface area contributed by atoms with Gasteiger partial charge in [0.2, 0.25) is 0 Å². The summed E-state index contributed by atoms with van der Waals surface area (Å²) < 4.78 is 0. The molecule has 3 N–H and O–H groups in total. The van der Waals surface area contributed by atoms with Crippen molar-refractivity contribution in [1.82, 2.24) is 16.0 Å². The van der Waals surface area contributed by atoms with E-state index in [1.807, 2.05) is 17.5 Å². The molecule has 7 heteroatoms. The van der Waals surface area contributed by atoms with Gasteiger partial charge in [-0.05, 0) is 31.2 Å². The summed E-state index contributed by atoms with van der Waals surface area (Å²) in [6.07, 6.45) is 3.14. The van der Waals surface area contributed by atoms with E-state index in [9.17, 15) is 4.79 Å². The van der Waals surface area contributed by atoms with E-state index >= 15 is 0 Å². The first kappa shape index (κ1) is 21.2. The van der Waals surface area contributed by atoms with Crippen LogP contribution in [-0.2, 0) is 0 Å². The van der Waals surface area contributed by atoms with Gasteiger partial charge in [0.15, 0.2) is 5.96 Å².